The molecule has 2 aromatic heterocycles. The fourth-order valence-electron chi connectivity index (χ4n) is 1.98. The van der Waals surface area contributed by atoms with Crippen LogP contribution in [0.1, 0.15) is 0 Å². The van der Waals surface area contributed by atoms with E-state index in [9.17, 15) is 0 Å². The van der Waals surface area contributed by atoms with Crippen LogP contribution in [0.5, 0.6) is 5.75 Å². The largest absolute Gasteiger partial charge is 0.494 e. The predicted octanol–water partition coefficient (Wildman–Crippen LogP) is 0.654. The van der Waals surface area contributed by atoms with E-state index in [1.54, 1.807) is 17.9 Å². The quantitative estimate of drug-likeness (QED) is 0.703. The molecule has 20 heavy (non-hydrogen) atoms. The zero-order valence-corrected chi connectivity index (χ0v) is 11.1. The summed E-state index contributed by atoms with van der Waals surface area (Å²) in [5.41, 5.74) is 7.15. The summed E-state index contributed by atoms with van der Waals surface area (Å²) in [4.78, 5) is 0. The molecule has 102 valence electrons. The molecule has 0 aliphatic rings. The van der Waals surface area contributed by atoms with Crippen molar-refractivity contribution in [2.75, 3.05) is 12.8 Å². The van der Waals surface area contributed by atoms with Crippen molar-refractivity contribution in [3.8, 4) is 23.0 Å². The molecule has 0 aliphatic heterocycles. The Bertz CT molecular complexity index is 746. The second kappa shape index (κ2) is 4.65. The van der Waals surface area contributed by atoms with Gasteiger partial charge in [-0.1, -0.05) is 6.07 Å². The van der Waals surface area contributed by atoms with Gasteiger partial charge >= 0.3 is 0 Å². The highest BCUT2D eigenvalue weighted by molar-refractivity contribution is 5.73. The topological polar surface area (TPSA) is 96.7 Å². The smallest absolute Gasteiger partial charge is 0.192 e. The molecule has 0 fully saturated rings. The number of nitrogens with two attached hydrogens (primary N) is 1. The first-order valence-corrected chi connectivity index (χ1v) is 5.92. The van der Waals surface area contributed by atoms with Crippen molar-refractivity contribution in [3.05, 3.63) is 30.5 Å². The summed E-state index contributed by atoms with van der Waals surface area (Å²) < 4.78 is 8.55. The van der Waals surface area contributed by atoms with Crippen LogP contribution >= 0.6 is 0 Å². The summed E-state index contributed by atoms with van der Waals surface area (Å²) >= 11 is 0. The number of nitrogens with zero attached hydrogens (tertiary/aromatic N) is 6. The Hall–Kier alpha value is -2.90. The van der Waals surface area contributed by atoms with Crippen LogP contribution in [0.15, 0.2) is 30.5 Å². The van der Waals surface area contributed by atoms with E-state index in [2.05, 4.69) is 20.6 Å². The van der Waals surface area contributed by atoms with Gasteiger partial charge in [-0.05, 0) is 22.6 Å². The van der Waals surface area contributed by atoms with Crippen LogP contribution in [0.2, 0.25) is 0 Å². The first-order valence-electron chi connectivity index (χ1n) is 5.92. The first-order chi connectivity index (χ1) is 9.70. The third-order valence-corrected chi connectivity index (χ3v) is 2.88. The number of ether oxygens (including phenoxy) is 1. The predicted molar refractivity (Wildman–Crippen MR) is 72.3 cm³/mol. The molecular weight excluding hydrogens is 258 g/mol. The number of para-hydroxylation sites is 1. The minimum absolute atomic E-state index is 0.521. The molecule has 1 aromatic carbocycles. The summed E-state index contributed by atoms with van der Waals surface area (Å²) in [5, 5.41) is 16.0. The van der Waals surface area contributed by atoms with E-state index >= 15 is 0 Å². The molecule has 0 spiro atoms. The molecule has 0 saturated heterocycles. The molecule has 3 aromatic rings. The number of hydrogen-bond donors (Lipinski definition) is 1. The summed E-state index contributed by atoms with van der Waals surface area (Å²) in [6.07, 6.45) is 1.82. The molecule has 2 N–H and O–H groups in total. The Morgan fingerprint density at radius 2 is 2.10 bits per heavy atom. The van der Waals surface area contributed by atoms with Crippen LogP contribution in [0, 0.1) is 0 Å². The molecule has 0 aliphatic carbocycles. The average molecular weight is 271 g/mol. The molecule has 0 bridgehead atoms. The number of benzene rings is 1. The van der Waals surface area contributed by atoms with Crippen LogP contribution in [0.4, 0.5) is 5.69 Å². The lowest BCUT2D eigenvalue weighted by Crippen LogP contribution is -2.03. The molecule has 8 nitrogen and oxygen atoms in total. The molecule has 0 unspecified atom stereocenters. The van der Waals surface area contributed by atoms with E-state index < -0.39 is 0 Å². The maximum Gasteiger partial charge on any atom is 0.192 e. The SMILES string of the molecule is COc1c(N)cccc1-c1nnnn1-c1ccn(C)n1. The highest BCUT2D eigenvalue weighted by atomic mass is 16.5. The molecule has 0 saturated carbocycles. The van der Waals surface area contributed by atoms with Gasteiger partial charge < -0.3 is 10.5 Å². The first kappa shape index (κ1) is 12.2. The molecule has 2 heterocycles. The van der Waals surface area contributed by atoms with Crippen LogP contribution in [0.25, 0.3) is 17.2 Å². The van der Waals surface area contributed by atoms with Crippen LogP contribution in [-0.4, -0.2) is 37.1 Å². The number of anilines is 1. The molecule has 0 amide bonds. The van der Waals surface area contributed by atoms with E-state index in [1.165, 1.54) is 4.68 Å². The van der Waals surface area contributed by atoms with Crippen LogP contribution in [-0.2, 0) is 7.05 Å². The normalized spacial score (nSPS) is 10.7. The second-order valence-corrected chi connectivity index (χ2v) is 4.19. The van der Waals surface area contributed by atoms with E-state index in [0.717, 1.165) is 0 Å². The van der Waals surface area contributed by atoms with Gasteiger partial charge in [-0.2, -0.15) is 9.78 Å². The van der Waals surface area contributed by atoms with E-state index in [1.807, 2.05) is 31.4 Å². The van der Waals surface area contributed by atoms with Gasteiger partial charge in [-0.25, -0.2) is 0 Å². The highest BCUT2D eigenvalue weighted by Gasteiger charge is 2.17. The lowest BCUT2D eigenvalue weighted by atomic mass is 10.1. The highest BCUT2D eigenvalue weighted by Crippen LogP contribution is 2.33. The third-order valence-electron chi connectivity index (χ3n) is 2.88. The number of tetrazole rings is 1. The van der Waals surface area contributed by atoms with Gasteiger partial charge in [0.2, 0.25) is 0 Å². The number of nitrogen functional groups attached to an aromatic ring is 1. The Balaban J connectivity index is 2.17. The van der Waals surface area contributed by atoms with Crippen molar-refractivity contribution in [2.45, 2.75) is 0 Å². The lowest BCUT2D eigenvalue weighted by Gasteiger charge is -2.09. The molecular formula is C12H13N7O. The Kier molecular flexibility index (Phi) is 2.82. The number of hydrogen-bond acceptors (Lipinski definition) is 6. The van der Waals surface area contributed by atoms with E-state index in [0.29, 0.717) is 28.6 Å². The fourth-order valence-corrected chi connectivity index (χ4v) is 1.98. The standard InChI is InChI=1S/C12H13N7O/c1-18-7-6-10(15-18)19-12(14-16-17-19)8-4-3-5-9(13)11(8)20-2/h3-7H,13H2,1-2H3. The van der Waals surface area contributed by atoms with Gasteiger partial charge in [0, 0.05) is 19.3 Å². The van der Waals surface area contributed by atoms with Gasteiger partial charge in [0.25, 0.3) is 0 Å². The van der Waals surface area contributed by atoms with Gasteiger partial charge in [-0.15, -0.1) is 5.10 Å². The minimum atomic E-state index is 0.521. The molecule has 3 rings (SSSR count). The van der Waals surface area contributed by atoms with Crippen molar-refractivity contribution in [2.24, 2.45) is 7.05 Å². The van der Waals surface area contributed by atoms with Crippen LogP contribution < -0.4 is 10.5 Å². The Morgan fingerprint density at radius 3 is 2.80 bits per heavy atom. The molecule has 8 heteroatoms. The number of methoxy groups -OCH3 is 1. The zero-order chi connectivity index (χ0) is 14.1. The van der Waals surface area contributed by atoms with E-state index in [-0.39, 0.29) is 0 Å². The number of aryl methyl sites for hydroxylation is 1. The monoisotopic (exact) mass is 271 g/mol. The van der Waals surface area contributed by atoms with Crippen molar-refractivity contribution < 1.29 is 4.74 Å². The van der Waals surface area contributed by atoms with Crippen molar-refractivity contribution in [1.29, 1.82) is 0 Å². The summed E-state index contributed by atoms with van der Waals surface area (Å²) in [5.74, 6) is 1.68. The molecule has 0 atom stereocenters. The maximum atomic E-state index is 5.91. The van der Waals surface area contributed by atoms with Crippen molar-refractivity contribution in [3.63, 3.8) is 0 Å². The van der Waals surface area contributed by atoms with Gasteiger partial charge in [-0.3, -0.25) is 4.68 Å². The van der Waals surface area contributed by atoms with Gasteiger partial charge in [0.15, 0.2) is 17.4 Å². The summed E-state index contributed by atoms with van der Waals surface area (Å²) in [6, 6.07) is 7.25. The van der Waals surface area contributed by atoms with Gasteiger partial charge in [0.1, 0.15) is 0 Å². The third kappa shape index (κ3) is 1.87. The van der Waals surface area contributed by atoms with Gasteiger partial charge in [0.05, 0.1) is 18.4 Å². The Labute approximate surface area is 114 Å². The van der Waals surface area contributed by atoms with E-state index in [4.69, 9.17) is 10.5 Å². The zero-order valence-electron chi connectivity index (χ0n) is 11.1. The van der Waals surface area contributed by atoms with Crippen molar-refractivity contribution in [1.82, 2.24) is 30.0 Å². The van der Waals surface area contributed by atoms with Crippen LogP contribution in [0.3, 0.4) is 0 Å². The summed E-state index contributed by atoms with van der Waals surface area (Å²) in [6.45, 7) is 0. The minimum Gasteiger partial charge on any atom is -0.494 e. The Morgan fingerprint density at radius 1 is 1.25 bits per heavy atom. The maximum absolute atomic E-state index is 5.91. The lowest BCUT2D eigenvalue weighted by molar-refractivity contribution is 0.418. The second-order valence-electron chi connectivity index (χ2n) is 4.19. The summed E-state index contributed by atoms with van der Waals surface area (Å²) in [7, 11) is 3.39. The van der Waals surface area contributed by atoms with Crippen molar-refractivity contribution >= 4 is 5.69 Å². The molecule has 0 radical (unpaired) electrons. The number of aromatic nitrogens is 6. The average Bonchev–Trinajstić information content (AvgIpc) is 3.06. The fraction of sp³-hybridized carbons (Fsp3) is 0.167. The number of rotatable bonds is 3.